The third-order valence-corrected chi connectivity index (χ3v) is 4.10. The Bertz CT molecular complexity index is 624. The van der Waals surface area contributed by atoms with Gasteiger partial charge in [0.25, 0.3) is 5.91 Å². The summed E-state index contributed by atoms with van der Waals surface area (Å²) in [6, 6.07) is 17.6. The fourth-order valence-electron chi connectivity index (χ4n) is 2.95. The molecule has 1 aliphatic rings. The van der Waals surface area contributed by atoms with Crippen LogP contribution in [0.5, 0.6) is 0 Å². The minimum absolute atomic E-state index is 0.0111. The first kappa shape index (κ1) is 13.8. The molecule has 0 radical (unpaired) electrons. The van der Waals surface area contributed by atoms with Crippen molar-refractivity contribution in [1.29, 1.82) is 0 Å². The summed E-state index contributed by atoms with van der Waals surface area (Å²) >= 11 is 0. The number of benzene rings is 2. The van der Waals surface area contributed by atoms with Gasteiger partial charge in [0.15, 0.2) is 0 Å². The van der Waals surface area contributed by atoms with Gasteiger partial charge in [0.05, 0.1) is 12.6 Å². The molecule has 1 N–H and O–H groups in total. The van der Waals surface area contributed by atoms with E-state index in [1.807, 2.05) is 59.5 Å². The fraction of sp³-hybridized carbons (Fsp3) is 0.278. The zero-order valence-corrected chi connectivity index (χ0v) is 11.9. The molecule has 0 saturated heterocycles. The molecule has 108 valence electrons. The van der Waals surface area contributed by atoms with Crippen LogP contribution in [0.25, 0.3) is 0 Å². The first-order chi connectivity index (χ1) is 10.3. The summed E-state index contributed by atoms with van der Waals surface area (Å²) in [7, 11) is 0. The fourth-order valence-corrected chi connectivity index (χ4v) is 2.95. The molecule has 2 aromatic carbocycles. The smallest absolute Gasteiger partial charge is 0.254 e. The summed E-state index contributed by atoms with van der Waals surface area (Å²) in [5, 5.41) is 9.71. The molecule has 1 atom stereocenters. The van der Waals surface area contributed by atoms with Gasteiger partial charge in [-0.1, -0.05) is 48.5 Å². The van der Waals surface area contributed by atoms with Crippen molar-refractivity contribution in [3.05, 3.63) is 71.3 Å². The number of carbonyl (C=O) groups is 1. The van der Waals surface area contributed by atoms with Crippen LogP contribution >= 0.6 is 0 Å². The Balaban J connectivity index is 1.81. The van der Waals surface area contributed by atoms with Gasteiger partial charge in [-0.25, -0.2) is 0 Å². The maximum absolute atomic E-state index is 12.6. The third kappa shape index (κ3) is 2.83. The summed E-state index contributed by atoms with van der Waals surface area (Å²) in [6.45, 7) is 0.663. The van der Waals surface area contributed by atoms with Gasteiger partial charge in [-0.05, 0) is 30.0 Å². The number of hydrogen-bond acceptors (Lipinski definition) is 2. The van der Waals surface area contributed by atoms with E-state index in [4.69, 9.17) is 0 Å². The van der Waals surface area contributed by atoms with Gasteiger partial charge < -0.3 is 10.0 Å². The lowest BCUT2D eigenvalue weighted by atomic mass is 9.96. The summed E-state index contributed by atoms with van der Waals surface area (Å²) in [4.78, 5) is 14.4. The average molecular weight is 281 g/mol. The van der Waals surface area contributed by atoms with Crippen molar-refractivity contribution in [2.75, 3.05) is 13.2 Å². The zero-order valence-electron chi connectivity index (χ0n) is 11.9. The largest absolute Gasteiger partial charge is 0.394 e. The van der Waals surface area contributed by atoms with Crippen molar-refractivity contribution >= 4 is 5.91 Å². The summed E-state index contributed by atoms with van der Waals surface area (Å²) in [5.74, 6) is 0.0341. The first-order valence-electron chi connectivity index (χ1n) is 7.33. The van der Waals surface area contributed by atoms with Gasteiger partial charge in [-0.15, -0.1) is 0 Å². The van der Waals surface area contributed by atoms with E-state index in [0.29, 0.717) is 13.0 Å². The molecule has 3 nitrogen and oxygen atoms in total. The van der Waals surface area contributed by atoms with Crippen molar-refractivity contribution in [2.45, 2.75) is 18.9 Å². The number of hydrogen-bond donors (Lipinski definition) is 1. The van der Waals surface area contributed by atoms with E-state index in [2.05, 4.69) is 0 Å². The van der Waals surface area contributed by atoms with Crippen molar-refractivity contribution in [2.24, 2.45) is 0 Å². The monoisotopic (exact) mass is 281 g/mol. The Labute approximate surface area is 124 Å². The number of carbonyl (C=O) groups excluding carboxylic acids is 1. The first-order valence-corrected chi connectivity index (χ1v) is 7.33. The van der Waals surface area contributed by atoms with E-state index in [9.17, 15) is 9.90 Å². The lowest BCUT2D eigenvalue weighted by Gasteiger charge is -2.34. The van der Waals surface area contributed by atoms with Gasteiger partial charge in [0, 0.05) is 12.1 Å². The SMILES string of the molecule is O=C1c2ccccc2CCN1[C@H](CO)Cc1ccccc1. The zero-order chi connectivity index (χ0) is 14.7. The molecular formula is C18H19NO2. The van der Waals surface area contributed by atoms with E-state index in [1.165, 1.54) is 0 Å². The molecule has 0 spiro atoms. The topological polar surface area (TPSA) is 40.5 Å². The lowest BCUT2D eigenvalue weighted by Crippen LogP contribution is -2.47. The molecule has 1 heterocycles. The Morgan fingerprint density at radius 3 is 2.52 bits per heavy atom. The van der Waals surface area contributed by atoms with Crippen LogP contribution in [-0.2, 0) is 12.8 Å². The number of nitrogens with zero attached hydrogens (tertiary/aromatic N) is 1. The van der Waals surface area contributed by atoms with E-state index in [-0.39, 0.29) is 18.6 Å². The number of aliphatic hydroxyl groups excluding tert-OH is 1. The minimum Gasteiger partial charge on any atom is -0.394 e. The minimum atomic E-state index is -0.159. The lowest BCUT2D eigenvalue weighted by molar-refractivity contribution is 0.0573. The maximum Gasteiger partial charge on any atom is 0.254 e. The van der Waals surface area contributed by atoms with Crippen molar-refractivity contribution < 1.29 is 9.90 Å². The Morgan fingerprint density at radius 2 is 1.76 bits per heavy atom. The predicted molar refractivity (Wildman–Crippen MR) is 82.2 cm³/mol. The van der Waals surface area contributed by atoms with Crippen molar-refractivity contribution in [3.63, 3.8) is 0 Å². The van der Waals surface area contributed by atoms with E-state index in [0.717, 1.165) is 23.1 Å². The highest BCUT2D eigenvalue weighted by Gasteiger charge is 2.29. The second-order valence-corrected chi connectivity index (χ2v) is 5.43. The van der Waals surface area contributed by atoms with Crippen LogP contribution in [0.4, 0.5) is 0 Å². The van der Waals surface area contributed by atoms with Crippen LogP contribution in [0.1, 0.15) is 21.5 Å². The standard InChI is InChI=1S/C18H19NO2/c20-13-16(12-14-6-2-1-3-7-14)19-11-10-15-8-4-5-9-17(15)18(19)21/h1-9,16,20H,10-13H2/t16-/m0/s1. The second kappa shape index (κ2) is 6.10. The summed E-state index contributed by atoms with van der Waals surface area (Å²) < 4.78 is 0. The summed E-state index contributed by atoms with van der Waals surface area (Å²) in [5.41, 5.74) is 3.02. The van der Waals surface area contributed by atoms with E-state index in [1.54, 1.807) is 0 Å². The van der Waals surface area contributed by atoms with Crippen LogP contribution in [0, 0.1) is 0 Å². The van der Waals surface area contributed by atoms with Crippen LogP contribution in [0.15, 0.2) is 54.6 Å². The molecule has 0 unspecified atom stereocenters. The third-order valence-electron chi connectivity index (χ3n) is 4.10. The molecule has 3 rings (SSSR count). The molecule has 0 aromatic heterocycles. The van der Waals surface area contributed by atoms with E-state index < -0.39 is 0 Å². The van der Waals surface area contributed by atoms with Crippen LogP contribution in [0.2, 0.25) is 0 Å². The Morgan fingerprint density at radius 1 is 1.05 bits per heavy atom. The highest BCUT2D eigenvalue weighted by Crippen LogP contribution is 2.21. The normalized spacial score (nSPS) is 15.7. The molecule has 0 saturated carbocycles. The number of amides is 1. The van der Waals surface area contributed by atoms with Crippen molar-refractivity contribution in [1.82, 2.24) is 4.90 Å². The Hall–Kier alpha value is -2.13. The summed E-state index contributed by atoms with van der Waals surface area (Å²) in [6.07, 6.45) is 1.54. The molecule has 3 heteroatoms. The molecule has 0 bridgehead atoms. The number of rotatable bonds is 4. The quantitative estimate of drug-likeness (QED) is 0.934. The molecule has 1 aliphatic heterocycles. The predicted octanol–water partition coefficient (Wildman–Crippen LogP) is 2.29. The van der Waals surface area contributed by atoms with Gasteiger partial charge in [-0.3, -0.25) is 4.79 Å². The second-order valence-electron chi connectivity index (χ2n) is 5.43. The molecule has 1 amide bonds. The molecular weight excluding hydrogens is 262 g/mol. The van der Waals surface area contributed by atoms with E-state index >= 15 is 0 Å². The van der Waals surface area contributed by atoms with Gasteiger partial charge in [0.2, 0.25) is 0 Å². The molecule has 0 aliphatic carbocycles. The highest BCUT2D eigenvalue weighted by atomic mass is 16.3. The van der Waals surface area contributed by atoms with Crippen molar-refractivity contribution in [3.8, 4) is 0 Å². The van der Waals surface area contributed by atoms with Gasteiger partial charge >= 0.3 is 0 Å². The molecule has 21 heavy (non-hydrogen) atoms. The average Bonchev–Trinajstić information content (AvgIpc) is 2.55. The van der Waals surface area contributed by atoms with Gasteiger partial charge in [-0.2, -0.15) is 0 Å². The van der Waals surface area contributed by atoms with Crippen LogP contribution < -0.4 is 0 Å². The molecule has 0 fully saturated rings. The Kier molecular flexibility index (Phi) is 4.02. The number of aliphatic hydroxyl groups is 1. The number of fused-ring (bicyclic) bond motifs is 1. The maximum atomic E-state index is 12.6. The van der Waals surface area contributed by atoms with Gasteiger partial charge in [0.1, 0.15) is 0 Å². The van der Waals surface area contributed by atoms with Crippen LogP contribution in [0.3, 0.4) is 0 Å². The molecule has 2 aromatic rings. The van der Waals surface area contributed by atoms with Crippen LogP contribution in [-0.4, -0.2) is 35.1 Å². The highest BCUT2D eigenvalue weighted by molar-refractivity contribution is 5.97.